The van der Waals surface area contributed by atoms with E-state index in [1.165, 1.54) is 0 Å². The monoisotopic (exact) mass is 260 g/mol. The molecule has 0 radical (unpaired) electrons. The van der Waals surface area contributed by atoms with Crippen molar-refractivity contribution in [3.8, 4) is 0 Å². The molecule has 0 amide bonds. The summed E-state index contributed by atoms with van der Waals surface area (Å²) in [6, 6.07) is 3.99. The van der Waals surface area contributed by atoms with Gasteiger partial charge in [0, 0.05) is 6.20 Å². The molecule has 0 aliphatic rings. The lowest BCUT2D eigenvalue weighted by Gasteiger charge is -2.19. The van der Waals surface area contributed by atoms with E-state index in [0.717, 1.165) is 11.2 Å². The summed E-state index contributed by atoms with van der Waals surface area (Å²) in [4.78, 5) is 16.4. The first kappa shape index (κ1) is 13.6. The van der Waals surface area contributed by atoms with Gasteiger partial charge in [0.05, 0.1) is 12.3 Å². The Kier molecular flexibility index (Phi) is 3.35. The average Bonchev–Trinajstić information content (AvgIpc) is 2.62. The highest BCUT2D eigenvalue weighted by Crippen LogP contribution is 2.24. The fraction of sp³-hybridized carbons (Fsp3) is 0.467. The third kappa shape index (κ3) is 2.48. The molecule has 0 spiro atoms. The van der Waals surface area contributed by atoms with E-state index < -0.39 is 0 Å². The van der Waals surface area contributed by atoms with Gasteiger partial charge in [-0.3, -0.25) is 4.40 Å². The van der Waals surface area contributed by atoms with Crippen molar-refractivity contribution >= 4 is 11.6 Å². The third-order valence-electron chi connectivity index (χ3n) is 3.13. The summed E-state index contributed by atoms with van der Waals surface area (Å²) in [5.41, 5.74) is 3.17. The van der Waals surface area contributed by atoms with Crippen molar-refractivity contribution in [2.24, 2.45) is 0 Å². The quantitative estimate of drug-likeness (QED) is 0.779. The Morgan fingerprint density at radius 3 is 2.63 bits per heavy atom. The lowest BCUT2D eigenvalue weighted by molar-refractivity contribution is 0.0517. The largest absolute Gasteiger partial charge is 0.461 e. The predicted molar refractivity (Wildman–Crippen MR) is 74.6 cm³/mol. The number of pyridine rings is 1. The van der Waals surface area contributed by atoms with E-state index >= 15 is 0 Å². The highest BCUT2D eigenvalue weighted by Gasteiger charge is 2.20. The fourth-order valence-corrected chi connectivity index (χ4v) is 2.05. The van der Waals surface area contributed by atoms with Crippen LogP contribution in [0.1, 0.15) is 49.4 Å². The van der Waals surface area contributed by atoms with Gasteiger partial charge in [0.25, 0.3) is 0 Å². The van der Waals surface area contributed by atoms with Crippen molar-refractivity contribution in [2.45, 2.75) is 40.0 Å². The predicted octanol–water partition coefficient (Wildman–Crippen LogP) is 3.12. The molecule has 19 heavy (non-hydrogen) atoms. The van der Waals surface area contributed by atoms with Crippen LogP contribution in [0.5, 0.6) is 0 Å². The van der Waals surface area contributed by atoms with Crippen LogP contribution in [0, 0.1) is 6.92 Å². The summed E-state index contributed by atoms with van der Waals surface area (Å²) in [6.45, 7) is 10.4. The maximum absolute atomic E-state index is 12.0. The summed E-state index contributed by atoms with van der Waals surface area (Å²) in [5, 5.41) is 0. The molecule has 2 aromatic heterocycles. The molecule has 0 bridgehead atoms. The Morgan fingerprint density at radius 2 is 2.05 bits per heavy atom. The molecular weight excluding hydrogens is 240 g/mol. The molecule has 2 aromatic rings. The van der Waals surface area contributed by atoms with Gasteiger partial charge in [0.1, 0.15) is 5.65 Å². The maximum Gasteiger partial charge on any atom is 0.357 e. The van der Waals surface area contributed by atoms with Crippen LogP contribution in [0.25, 0.3) is 5.65 Å². The van der Waals surface area contributed by atoms with Gasteiger partial charge in [0.2, 0.25) is 0 Å². The minimum absolute atomic E-state index is 0.0261. The number of hydrogen-bond donors (Lipinski definition) is 0. The number of ether oxygens (including phenoxy) is 1. The summed E-state index contributed by atoms with van der Waals surface area (Å²) in [6.07, 6.45) is 1.97. The molecule has 4 heteroatoms. The Balaban J connectivity index is 2.63. The van der Waals surface area contributed by atoms with Crippen LogP contribution >= 0.6 is 0 Å². The van der Waals surface area contributed by atoms with Gasteiger partial charge in [0.15, 0.2) is 5.69 Å². The van der Waals surface area contributed by atoms with Crippen LogP contribution in [0.2, 0.25) is 0 Å². The number of nitrogens with zero attached hydrogens (tertiary/aromatic N) is 2. The van der Waals surface area contributed by atoms with Crippen LogP contribution in [0.15, 0.2) is 18.3 Å². The van der Waals surface area contributed by atoms with Crippen molar-refractivity contribution in [3.05, 3.63) is 35.3 Å². The zero-order valence-corrected chi connectivity index (χ0v) is 12.2. The highest BCUT2D eigenvalue weighted by molar-refractivity contribution is 5.90. The lowest BCUT2D eigenvalue weighted by Crippen LogP contribution is -2.14. The van der Waals surface area contributed by atoms with E-state index in [2.05, 4.69) is 31.8 Å². The first-order valence-electron chi connectivity index (χ1n) is 6.51. The van der Waals surface area contributed by atoms with Crippen molar-refractivity contribution in [3.63, 3.8) is 0 Å². The molecule has 0 fully saturated rings. The molecule has 0 saturated heterocycles. The summed E-state index contributed by atoms with van der Waals surface area (Å²) < 4.78 is 6.93. The molecule has 0 aliphatic heterocycles. The van der Waals surface area contributed by atoms with Crippen LogP contribution in [-0.2, 0) is 10.2 Å². The summed E-state index contributed by atoms with van der Waals surface area (Å²) >= 11 is 0. The molecule has 102 valence electrons. The van der Waals surface area contributed by atoms with Crippen LogP contribution in [0.4, 0.5) is 0 Å². The zero-order chi connectivity index (χ0) is 14.2. The van der Waals surface area contributed by atoms with Gasteiger partial charge < -0.3 is 4.74 Å². The van der Waals surface area contributed by atoms with Gasteiger partial charge in [-0.15, -0.1) is 0 Å². The molecule has 0 aromatic carbocycles. The fourth-order valence-electron chi connectivity index (χ4n) is 2.05. The molecule has 2 heterocycles. The van der Waals surface area contributed by atoms with Crippen molar-refractivity contribution in [2.75, 3.05) is 6.61 Å². The average molecular weight is 260 g/mol. The second-order valence-corrected chi connectivity index (χ2v) is 5.66. The number of imidazole rings is 1. The van der Waals surface area contributed by atoms with Crippen LogP contribution in [0.3, 0.4) is 0 Å². The Hall–Kier alpha value is -1.84. The van der Waals surface area contributed by atoms with Gasteiger partial charge in [-0.1, -0.05) is 26.8 Å². The molecule has 0 unspecified atom stereocenters. The zero-order valence-electron chi connectivity index (χ0n) is 12.2. The Bertz CT molecular complexity index is 621. The molecular formula is C15H20N2O2. The van der Waals surface area contributed by atoms with Gasteiger partial charge in [-0.25, -0.2) is 9.78 Å². The van der Waals surface area contributed by atoms with E-state index in [0.29, 0.717) is 18.0 Å². The minimum Gasteiger partial charge on any atom is -0.461 e. The van der Waals surface area contributed by atoms with E-state index in [1.54, 1.807) is 6.92 Å². The number of rotatable bonds is 2. The second kappa shape index (κ2) is 4.68. The number of carbonyl (C=O) groups is 1. The van der Waals surface area contributed by atoms with Crippen molar-refractivity contribution < 1.29 is 9.53 Å². The standard InChI is InChI=1S/C15H20N2O2/c1-6-19-14(18)13-10(2)16-12-8-7-11(9-17(12)13)15(3,4)5/h7-9H,6H2,1-5H3. The summed E-state index contributed by atoms with van der Waals surface area (Å²) in [5.74, 6) is -0.321. The number of hydrogen-bond acceptors (Lipinski definition) is 3. The lowest BCUT2D eigenvalue weighted by atomic mass is 9.88. The normalized spacial score (nSPS) is 11.8. The Labute approximate surface area is 113 Å². The van der Waals surface area contributed by atoms with Crippen molar-refractivity contribution in [1.82, 2.24) is 9.38 Å². The number of aryl methyl sites for hydroxylation is 1. The summed E-state index contributed by atoms with van der Waals surface area (Å²) in [7, 11) is 0. The molecule has 0 aliphatic carbocycles. The molecule has 0 saturated carbocycles. The first-order valence-corrected chi connectivity index (χ1v) is 6.51. The van der Waals surface area contributed by atoms with Gasteiger partial charge >= 0.3 is 5.97 Å². The van der Waals surface area contributed by atoms with Gasteiger partial charge in [-0.05, 0) is 30.9 Å². The number of carbonyl (C=O) groups excluding carboxylic acids is 1. The number of aromatic nitrogens is 2. The van der Waals surface area contributed by atoms with E-state index in [9.17, 15) is 4.79 Å². The Morgan fingerprint density at radius 1 is 1.37 bits per heavy atom. The third-order valence-corrected chi connectivity index (χ3v) is 3.13. The van der Waals surface area contributed by atoms with Crippen LogP contribution in [-0.4, -0.2) is 22.0 Å². The number of fused-ring (bicyclic) bond motifs is 1. The topological polar surface area (TPSA) is 43.6 Å². The van der Waals surface area contributed by atoms with E-state index in [-0.39, 0.29) is 11.4 Å². The number of esters is 1. The van der Waals surface area contributed by atoms with E-state index in [1.807, 2.05) is 23.6 Å². The second-order valence-electron chi connectivity index (χ2n) is 5.66. The SMILES string of the molecule is CCOC(=O)c1c(C)nc2ccc(C(C)(C)C)cn12. The maximum atomic E-state index is 12.0. The minimum atomic E-state index is -0.321. The van der Waals surface area contributed by atoms with Crippen LogP contribution < -0.4 is 0 Å². The molecule has 0 N–H and O–H groups in total. The van der Waals surface area contributed by atoms with E-state index in [4.69, 9.17) is 4.74 Å². The van der Waals surface area contributed by atoms with Crippen molar-refractivity contribution in [1.29, 1.82) is 0 Å². The molecule has 2 rings (SSSR count). The molecule has 4 nitrogen and oxygen atoms in total. The molecule has 0 atom stereocenters. The highest BCUT2D eigenvalue weighted by atomic mass is 16.5. The van der Waals surface area contributed by atoms with Gasteiger partial charge in [-0.2, -0.15) is 0 Å². The smallest absolute Gasteiger partial charge is 0.357 e. The first-order chi connectivity index (χ1) is 8.84.